The molecule has 0 heterocycles. The molecule has 1 unspecified atom stereocenters. The number of hydrogen-bond acceptors (Lipinski definition) is 2. The molecule has 0 aromatic heterocycles. The predicted octanol–water partition coefficient (Wildman–Crippen LogP) is 5.28. The molecule has 5 heteroatoms. The van der Waals surface area contributed by atoms with Crippen LogP contribution >= 0.6 is 34.8 Å². The third kappa shape index (κ3) is 4.04. The van der Waals surface area contributed by atoms with Gasteiger partial charge in [-0.2, -0.15) is 0 Å². The standard InChI is InChI=1S/C17H13Cl3O2/c1-2-13(12-8-4-3-5-9-12)14-10-6-7-11-15(14)22-16(21)17(18,19)20/h2-11,13H,1H2. The number of para-hydroxylation sites is 1. The van der Waals surface area contributed by atoms with Gasteiger partial charge in [0.2, 0.25) is 0 Å². The Morgan fingerprint density at radius 3 is 2.23 bits per heavy atom. The number of allylic oxidation sites excluding steroid dienone is 1. The van der Waals surface area contributed by atoms with E-state index in [-0.39, 0.29) is 5.92 Å². The zero-order valence-corrected chi connectivity index (χ0v) is 13.8. The second-order valence-corrected chi connectivity index (χ2v) is 6.83. The van der Waals surface area contributed by atoms with Crippen molar-refractivity contribution in [1.29, 1.82) is 0 Å². The van der Waals surface area contributed by atoms with E-state index in [4.69, 9.17) is 39.5 Å². The molecule has 0 saturated carbocycles. The van der Waals surface area contributed by atoms with Gasteiger partial charge < -0.3 is 4.74 Å². The monoisotopic (exact) mass is 354 g/mol. The summed E-state index contributed by atoms with van der Waals surface area (Å²) in [6, 6.07) is 16.8. The Bertz CT molecular complexity index is 663. The molecule has 22 heavy (non-hydrogen) atoms. The molecule has 0 bridgehead atoms. The normalized spacial score (nSPS) is 12.5. The molecule has 0 saturated heterocycles. The molecule has 2 rings (SSSR count). The molecule has 0 aliphatic heterocycles. The van der Waals surface area contributed by atoms with Crippen LogP contribution in [0.3, 0.4) is 0 Å². The maximum Gasteiger partial charge on any atom is 0.363 e. The molecule has 0 fully saturated rings. The van der Waals surface area contributed by atoms with Gasteiger partial charge in [0, 0.05) is 11.5 Å². The average molecular weight is 356 g/mol. The lowest BCUT2D eigenvalue weighted by Gasteiger charge is -2.18. The minimum Gasteiger partial charge on any atom is -0.423 e. The second kappa shape index (κ2) is 7.19. The Morgan fingerprint density at radius 1 is 1.05 bits per heavy atom. The third-order valence-electron chi connectivity index (χ3n) is 3.08. The molecule has 0 aliphatic rings. The van der Waals surface area contributed by atoms with Crippen molar-refractivity contribution in [2.45, 2.75) is 9.71 Å². The summed E-state index contributed by atoms with van der Waals surface area (Å²) in [5, 5.41) is 0. The molecule has 2 aromatic carbocycles. The summed E-state index contributed by atoms with van der Waals surface area (Å²) < 4.78 is 3.11. The van der Waals surface area contributed by atoms with Gasteiger partial charge in [0.25, 0.3) is 3.79 Å². The van der Waals surface area contributed by atoms with Gasteiger partial charge in [-0.25, -0.2) is 4.79 Å². The van der Waals surface area contributed by atoms with Crippen molar-refractivity contribution in [2.75, 3.05) is 0 Å². The number of benzene rings is 2. The highest BCUT2D eigenvalue weighted by atomic mass is 35.6. The molecule has 0 amide bonds. The van der Waals surface area contributed by atoms with Gasteiger partial charge >= 0.3 is 5.97 Å². The summed E-state index contributed by atoms with van der Waals surface area (Å²) in [6.45, 7) is 3.86. The summed E-state index contributed by atoms with van der Waals surface area (Å²) in [5.74, 6) is -0.742. The smallest absolute Gasteiger partial charge is 0.363 e. The Labute approximate surface area is 144 Å². The van der Waals surface area contributed by atoms with Crippen molar-refractivity contribution in [2.24, 2.45) is 0 Å². The van der Waals surface area contributed by atoms with Crippen molar-refractivity contribution < 1.29 is 9.53 Å². The first-order valence-electron chi connectivity index (χ1n) is 6.49. The number of carbonyl (C=O) groups is 1. The van der Waals surface area contributed by atoms with Crippen LogP contribution < -0.4 is 4.74 Å². The largest absolute Gasteiger partial charge is 0.423 e. The summed E-state index contributed by atoms with van der Waals surface area (Å²) in [6.07, 6.45) is 1.78. The van der Waals surface area contributed by atoms with Gasteiger partial charge in [-0.1, -0.05) is 89.4 Å². The van der Waals surface area contributed by atoms with E-state index < -0.39 is 9.76 Å². The van der Waals surface area contributed by atoms with Gasteiger partial charge in [-0.05, 0) is 11.6 Å². The van der Waals surface area contributed by atoms with Crippen LogP contribution in [0.1, 0.15) is 17.0 Å². The Hall–Kier alpha value is -1.48. The number of alkyl halides is 3. The van der Waals surface area contributed by atoms with E-state index in [0.717, 1.165) is 11.1 Å². The Balaban J connectivity index is 2.39. The van der Waals surface area contributed by atoms with Crippen LogP contribution in [-0.2, 0) is 4.79 Å². The molecule has 0 aliphatic carbocycles. The van der Waals surface area contributed by atoms with E-state index in [1.54, 1.807) is 18.2 Å². The van der Waals surface area contributed by atoms with E-state index >= 15 is 0 Å². The van der Waals surface area contributed by atoms with Crippen molar-refractivity contribution in [3.63, 3.8) is 0 Å². The Morgan fingerprint density at radius 2 is 1.64 bits per heavy atom. The fourth-order valence-corrected chi connectivity index (χ4v) is 2.21. The average Bonchev–Trinajstić information content (AvgIpc) is 2.50. The molecular weight excluding hydrogens is 343 g/mol. The van der Waals surface area contributed by atoms with E-state index in [1.807, 2.05) is 42.5 Å². The summed E-state index contributed by atoms with van der Waals surface area (Å²) in [7, 11) is 0. The SMILES string of the molecule is C=CC(c1ccccc1)c1ccccc1OC(=O)C(Cl)(Cl)Cl. The van der Waals surface area contributed by atoms with Crippen LogP contribution in [0.2, 0.25) is 0 Å². The molecule has 0 spiro atoms. The predicted molar refractivity (Wildman–Crippen MR) is 90.8 cm³/mol. The number of halogens is 3. The van der Waals surface area contributed by atoms with Gasteiger partial charge in [0.05, 0.1) is 0 Å². The quantitative estimate of drug-likeness (QED) is 0.323. The summed E-state index contributed by atoms with van der Waals surface area (Å²) >= 11 is 16.7. The molecular formula is C17H13Cl3O2. The van der Waals surface area contributed by atoms with Gasteiger partial charge in [-0.15, -0.1) is 6.58 Å². The van der Waals surface area contributed by atoms with E-state index in [9.17, 15) is 4.79 Å². The molecule has 1 atom stereocenters. The van der Waals surface area contributed by atoms with Crippen LogP contribution in [0.25, 0.3) is 0 Å². The number of esters is 1. The minimum absolute atomic E-state index is 0.138. The molecule has 2 aromatic rings. The van der Waals surface area contributed by atoms with Crippen LogP contribution in [0.15, 0.2) is 67.3 Å². The minimum atomic E-state index is -2.12. The van der Waals surface area contributed by atoms with Crippen molar-refractivity contribution >= 4 is 40.8 Å². The molecule has 0 N–H and O–H groups in total. The fraction of sp³-hybridized carbons (Fsp3) is 0.118. The van der Waals surface area contributed by atoms with Crippen LogP contribution in [0.5, 0.6) is 5.75 Å². The zero-order valence-electron chi connectivity index (χ0n) is 11.5. The summed E-state index contributed by atoms with van der Waals surface area (Å²) in [5.41, 5.74) is 1.79. The molecule has 114 valence electrons. The highest BCUT2D eigenvalue weighted by Crippen LogP contribution is 2.35. The number of ether oxygens (including phenoxy) is 1. The molecule has 0 radical (unpaired) electrons. The summed E-state index contributed by atoms with van der Waals surface area (Å²) in [4.78, 5) is 11.8. The first kappa shape index (κ1) is 16.9. The highest BCUT2D eigenvalue weighted by molar-refractivity contribution is 6.75. The van der Waals surface area contributed by atoms with Crippen molar-refractivity contribution in [3.05, 3.63) is 78.4 Å². The lowest BCUT2D eigenvalue weighted by atomic mass is 9.91. The van der Waals surface area contributed by atoms with Crippen molar-refractivity contribution in [1.82, 2.24) is 0 Å². The first-order valence-corrected chi connectivity index (χ1v) is 7.62. The van der Waals surface area contributed by atoms with E-state index in [1.165, 1.54) is 0 Å². The second-order valence-electron chi connectivity index (χ2n) is 4.55. The van der Waals surface area contributed by atoms with E-state index in [2.05, 4.69) is 6.58 Å². The van der Waals surface area contributed by atoms with Gasteiger partial charge in [0.15, 0.2) is 0 Å². The Kier molecular flexibility index (Phi) is 5.52. The van der Waals surface area contributed by atoms with Crippen LogP contribution in [0, 0.1) is 0 Å². The molecule has 2 nitrogen and oxygen atoms in total. The topological polar surface area (TPSA) is 26.3 Å². The third-order valence-corrected chi connectivity index (χ3v) is 3.55. The van der Waals surface area contributed by atoms with E-state index in [0.29, 0.717) is 5.75 Å². The maximum absolute atomic E-state index is 11.8. The van der Waals surface area contributed by atoms with Gasteiger partial charge in [0.1, 0.15) is 5.75 Å². The van der Waals surface area contributed by atoms with Gasteiger partial charge in [-0.3, -0.25) is 0 Å². The van der Waals surface area contributed by atoms with Crippen LogP contribution in [0.4, 0.5) is 0 Å². The maximum atomic E-state index is 11.8. The first-order chi connectivity index (χ1) is 10.4. The number of hydrogen-bond donors (Lipinski definition) is 0. The lowest BCUT2D eigenvalue weighted by Crippen LogP contribution is -2.25. The zero-order chi connectivity index (χ0) is 16.2. The van der Waals surface area contributed by atoms with Crippen LogP contribution in [-0.4, -0.2) is 9.76 Å². The number of carbonyl (C=O) groups excluding carboxylic acids is 1. The number of rotatable bonds is 4. The lowest BCUT2D eigenvalue weighted by molar-refractivity contribution is -0.133. The van der Waals surface area contributed by atoms with Crippen molar-refractivity contribution in [3.8, 4) is 5.75 Å². The fourth-order valence-electron chi connectivity index (χ4n) is 2.09. The highest BCUT2D eigenvalue weighted by Gasteiger charge is 2.34.